The van der Waals surface area contributed by atoms with Gasteiger partial charge in [-0.15, -0.1) is 0 Å². The Morgan fingerprint density at radius 3 is 1.55 bits per heavy atom. The van der Waals surface area contributed by atoms with E-state index in [2.05, 4.69) is 68.5 Å². The molecule has 0 aliphatic rings. The Labute approximate surface area is 354 Å². The maximum absolute atomic E-state index is 12.7. The van der Waals surface area contributed by atoms with Crippen molar-refractivity contribution in [3.05, 3.63) is 85.1 Å². The number of aliphatic carboxylic acids is 1. The average molecular weight is 810 g/mol. The molecular weight excluding hydrogens is 727 g/mol. The number of carbonyl (C=O) groups is 3. The summed E-state index contributed by atoms with van der Waals surface area (Å²) in [7, 11) is 5.39. The van der Waals surface area contributed by atoms with Gasteiger partial charge in [0.2, 0.25) is 0 Å². The molecule has 0 heterocycles. The second kappa shape index (κ2) is 40.3. The van der Waals surface area contributed by atoms with Crippen molar-refractivity contribution in [2.75, 3.05) is 41.0 Å². The van der Waals surface area contributed by atoms with Crippen molar-refractivity contribution < 1.29 is 38.2 Å². The van der Waals surface area contributed by atoms with Crippen LogP contribution in [0.1, 0.15) is 162 Å². The van der Waals surface area contributed by atoms with Crippen molar-refractivity contribution >= 4 is 17.9 Å². The quantitative estimate of drug-likeness (QED) is 0.0200. The van der Waals surface area contributed by atoms with Gasteiger partial charge in [0.15, 0.2) is 6.10 Å². The van der Waals surface area contributed by atoms with Gasteiger partial charge in [-0.2, -0.15) is 0 Å². The summed E-state index contributed by atoms with van der Waals surface area (Å²) in [5, 5.41) is 11.6. The second-order valence-electron chi connectivity index (χ2n) is 16.0. The summed E-state index contributed by atoms with van der Waals surface area (Å²) in [5.41, 5.74) is 0. The Morgan fingerprint density at radius 2 is 1.00 bits per heavy atom. The molecule has 0 aliphatic carbocycles. The number of allylic oxidation sites excluding steroid dienone is 14. The molecule has 2 atom stereocenters. The lowest BCUT2D eigenvalue weighted by atomic mass is 10.1. The van der Waals surface area contributed by atoms with Gasteiger partial charge >= 0.3 is 11.9 Å². The number of carbonyl (C=O) groups excluding carboxylic acids is 3. The van der Waals surface area contributed by atoms with E-state index in [1.807, 2.05) is 30.4 Å². The second-order valence-corrected chi connectivity index (χ2v) is 16.0. The summed E-state index contributed by atoms with van der Waals surface area (Å²) in [6, 6.07) is -0.735. The molecule has 8 nitrogen and oxygen atoms in total. The summed E-state index contributed by atoms with van der Waals surface area (Å²) in [4.78, 5) is 36.9. The molecule has 8 heteroatoms. The third-order valence-electron chi connectivity index (χ3n) is 9.62. The van der Waals surface area contributed by atoms with Gasteiger partial charge in [-0.25, -0.2) is 0 Å². The largest absolute Gasteiger partial charge is 0.544 e. The minimum atomic E-state index is -1.13. The molecule has 0 aromatic heterocycles. The molecule has 0 aliphatic heterocycles. The minimum Gasteiger partial charge on any atom is -0.544 e. The predicted molar refractivity (Wildman–Crippen MR) is 240 cm³/mol. The van der Waals surface area contributed by atoms with Crippen LogP contribution in [-0.4, -0.2) is 75.5 Å². The Bertz CT molecular complexity index is 1220. The van der Waals surface area contributed by atoms with Crippen LogP contribution in [0.25, 0.3) is 0 Å². The van der Waals surface area contributed by atoms with Crippen molar-refractivity contribution in [1.29, 1.82) is 0 Å². The fraction of sp³-hybridized carbons (Fsp3) is 0.660. The smallest absolute Gasteiger partial charge is 0.306 e. The maximum Gasteiger partial charge on any atom is 0.306 e. The predicted octanol–water partition coefficient (Wildman–Crippen LogP) is 11.2. The number of nitrogens with zero attached hydrogens (tertiary/aromatic N) is 1. The molecule has 0 rings (SSSR count). The SMILES string of the molecule is CC/C=C/C=C/C=C/C=C/CCCCCCCC(=O)OC(COCCC(C(=O)[O-])[N+](C)(C)C)COC(=O)CCCCCCCCCCC/C=C/C/C=C/C/C=C/CC. The Hall–Kier alpha value is -3.49. The Morgan fingerprint density at radius 1 is 0.534 bits per heavy atom. The first-order valence-corrected chi connectivity index (χ1v) is 22.7. The molecule has 0 bridgehead atoms. The zero-order valence-electron chi connectivity index (χ0n) is 37.4. The third kappa shape index (κ3) is 38.1. The zero-order chi connectivity index (χ0) is 42.8. The number of hydrogen-bond donors (Lipinski definition) is 0. The third-order valence-corrected chi connectivity index (χ3v) is 9.62. The summed E-state index contributed by atoms with van der Waals surface area (Å²) in [5.74, 6) is -1.78. The van der Waals surface area contributed by atoms with Crippen LogP contribution < -0.4 is 5.11 Å². The number of quaternary nitrogens is 1. The average Bonchev–Trinajstić information content (AvgIpc) is 3.18. The minimum absolute atomic E-state index is 0.0244. The van der Waals surface area contributed by atoms with Crippen molar-refractivity contribution in [2.45, 2.75) is 174 Å². The van der Waals surface area contributed by atoms with Crippen molar-refractivity contribution in [2.24, 2.45) is 0 Å². The normalized spacial score (nSPS) is 13.7. The fourth-order valence-electron chi connectivity index (χ4n) is 6.15. The molecule has 0 N–H and O–H groups in total. The van der Waals surface area contributed by atoms with Crippen LogP contribution in [0.4, 0.5) is 0 Å². The summed E-state index contributed by atoms with van der Waals surface area (Å²) >= 11 is 0. The Balaban J connectivity index is 4.36. The van der Waals surface area contributed by atoms with Crippen molar-refractivity contribution in [3.63, 3.8) is 0 Å². The van der Waals surface area contributed by atoms with E-state index in [4.69, 9.17) is 14.2 Å². The maximum atomic E-state index is 12.7. The topological polar surface area (TPSA) is 102 Å². The monoisotopic (exact) mass is 810 g/mol. The number of unbranched alkanes of at least 4 members (excludes halogenated alkanes) is 14. The number of likely N-dealkylation sites (N-methyl/N-ethyl adjacent to an activating group) is 1. The van der Waals surface area contributed by atoms with E-state index >= 15 is 0 Å². The van der Waals surface area contributed by atoms with E-state index in [9.17, 15) is 19.5 Å². The lowest BCUT2D eigenvalue weighted by Crippen LogP contribution is -2.55. The molecule has 0 aromatic carbocycles. The molecule has 0 fully saturated rings. The highest BCUT2D eigenvalue weighted by Crippen LogP contribution is 2.14. The molecule has 330 valence electrons. The highest BCUT2D eigenvalue weighted by atomic mass is 16.6. The number of rotatable bonds is 39. The molecule has 0 saturated heterocycles. The molecule has 0 saturated carbocycles. The molecule has 0 radical (unpaired) electrons. The van der Waals surface area contributed by atoms with Crippen molar-refractivity contribution in [3.8, 4) is 0 Å². The molecule has 0 aromatic rings. The van der Waals surface area contributed by atoms with E-state index in [0.29, 0.717) is 6.42 Å². The number of carboxylic acid groups (broad SMARTS) is 1. The first kappa shape index (κ1) is 54.5. The van der Waals surface area contributed by atoms with Gasteiger partial charge in [0.05, 0.1) is 40.3 Å². The summed E-state index contributed by atoms with van der Waals surface area (Å²) in [6.45, 7) is 4.37. The van der Waals surface area contributed by atoms with Crippen LogP contribution in [0.5, 0.6) is 0 Å². The van der Waals surface area contributed by atoms with E-state index in [-0.39, 0.29) is 49.1 Å². The first-order valence-electron chi connectivity index (χ1n) is 22.7. The summed E-state index contributed by atoms with van der Waals surface area (Å²) < 4.78 is 17.2. The van der Waals surface area contributed by atoms with Crippen LogP contribution in [-0.2, 0) is 28.6 Å². The van der Waals surface area contributed by atoms with E-state index in [0.717, 1.165) is 89.9 Å². The van der Waals surface area contributed by atoms with Gasteiger partial charge in [-0.3, -0.25) is 9.59 Å². The molecule has 0 spiro atoms. The van der Waals surface area contributed by atoms with Gasteiger partial charge in [-0.1, -0.05) is 163 Å². The lowest BCUT2D eigenvalue weighted by molar-refractivity contribution is -0.889. The van der Waals surface area contributed by atoms with Gasteiger partial charge in [0, 0.05) is 19.3 Å². The van der Waals surface area contributed by atoms with Gasteiger partial charge in [0.1, 0.15) is 12.6 Å². The number of esters is 2. The van der Waals surface area contributed by atoms with Crippen LogP contribution in [0.15, 0.2) is 85.1 Å². The van der Waals surface area contributed by atoms with Crippen LogP contribution in [0.2, 0.25) is 0 Å². The number of hydrogen-bond acceptors (Lipinski definition) is 7. The molecule has 58 heavy (non-hydrogen) atoms. The number of carboxylic acids is 1. The Kier molecular flexibility index (Phi) is 37.9. The highest BCUT2D eigenvalue weighted by molar-refractivity contribution is 5.70. The van der Waals surface area contributed by atoms with E-state index in [1.54, 1.807) is 21.1 Å². The molecule has 2 unspecified atom stereocenters. The van der Waals surface area contributed by atoms with Crippen LogP contribution >= 0.6 is 0 Å². The molecule has 0 amide bonds. The van der Waals surface area contributed by atoms with Gasteiger partial charge < -0.3 is 28.6 Å². The highest BCUT2D eigenvalue weighted by Gasteiger charge is 2.25. The first-order chi connectivity index (χ1) is 28.1. The summed E-state index contributed by atoms with van der Waals surface area (Å²) in [6.07, 6.45) is 51.8. The van der Waals surface area contributed by atoms with Crippen LogP contribution in [0, 0.1) is 0 Å². The molecular formula is C50H83NO7. The van der Waals surface area contributed by atoms with Gasteiger partial charge in [0.25, 0.3) is 0 Å². The standard InChI is InChI=1S/C50H83NO7/c1-6-8-10-12-14-16-18-20-22-23-24-25-27-28-30-32-34-36-38-40-48(52)57-45-46(44-56-43-42-47(50(54)55)51(3,4)5)58-49(53)41-39-37-35-33-31-29-26-21-19-17-15-13-11-9-7-2/h8-11,13-17,19-22,26,46-47H,6-7,12,18,23-25,27-45H2,1-5H3/b10-8+,11-9+,15-13+,16-14+,19-17+,22-20+,26-21+. The van der Waals surface area contributed by atoms with Crippen LogP contribution in [0.3, 0.4) is 0 Å². The number of ether oxygens (including phenoxy) is 3. The van der Waals surface area contributed by atoms with Gasteiger partial charge in [-0.05, 0) is 64.2 Å². The zero-order valence-corrected chi connectivity index (χ0v) is 37.4. The fourth-order valence-corrected chi connectivity index (χ4v) is 6.15. The van der Waals surface area contributed by atoms with E-state index in [1.165, 1.54) is 38.5 Å². The van der Waals surface area contributed by atoms with E-state index < -0.39 is 18.1 Å². The lowest BCUT2D eigenvalue weighted by Gasteiger charge is -2.34. The van der Waals surface area contributed by atoms with Crippen molar-refractivity contribution in [1.82, 2.24) is 0 Å².